The molecule has 0 aliphatic rings. The minimum Gasteiger partial charge on any atom is -0.303 e. The van der Waals surface area contributed by atoms with E-state index in [0.29, 0.717) is 12.8 Å². The Balaban J connectivity index is 2.66. The highest BCUT2D eigenvalue weighted by Gasteiger charge is 2.08. The smallest absolute Gasteiger partial charge is 0.127 e. The van der Waals surface area contributed by atoms with Gasteiger partial charge in [-0.05, 0) is 12.0 Å². The first-order valence-corrected chi connectivity index (χ1v) is 4.32. The van der Waals surface area contributed by atoms with E-state index in [9.17, 15) is 9.59 Å². The highest BCUT2D eigenvalue weighted by Crippen LogP contribution is 2.17. The third-order valence-corrected chi connectivity index (χ3v) is 1.99. The van der Waals surface area contributed by atoms with E-state index in [4.69, 9.17) is 0 Å². The first kappa shape index (κ1) is 9.65. The van der Waals surface area contributed by atoms with E-state index in [0.717, 1.165) is 18.1 Å². The molecule has 1 rings (SSSR count). The van der Waals surface area contributed by atoms with Crippen LogP contribution >= 0.6 is 0 Å². The van der Waals surface area contributed by atoms with Crippen molar-refractivity contribution in [3.05, 3.63) is 35.9 Å². The Labute approximate surface area is 77.6 Å². The van der Waals surface area contributed by atoms with Crippen LogP contribution in [-0.2, 0) is 9.59 Å². The molecule has 0 aliphatic carbocycles. The van der Waals surface area contributed by atoms with Crippen LogP contribution in [0.4, 0.5) is 0 Å². The van der Waals surface area contributed by atoms with Crippen LogP contribution in [0, 0.1) is 0 Å². The summed E-state index contributed by atoms with van der Waals surface area (Å²) in [5, 5.41) is 0. The Morgan fingerprint density at radius 1 is 1.15 bits per heavy atom. The van der Waals surface area contributed by atoms with Crippen molar-refractivity contribution in [1.82, 2.24) is 0 Å². The zero-order chi connectivity index (χ0) is 9.52. The molecule has 0 aromatic heterocycles. The van der Waals surface area contributed by atoms with Crippen LogP contribution < -0.4 is 0 Å². The summed E-state index contributed by atoms with van der Waals surface area (Å²) in [5.41, 5.74) is 0.986. The van der Waals surface area contributed by atoms with Crippen molar-refractivity contribution in [2.24, 2.45) is 0 Å². The lowest BCUT2D eigenvalue weighted by Gasteiger charge is -2.07. The molecule has 0 N–H and O–H groups in total. The van der Waals surface area contributed by atoms with Crippen molar-refractivity contribution in [2.45, 2.75) is 18.8 Å². The van der Waals surface area contributed by atoms with Gasteiger partial charge in [-0.2, -0.15) is 0 Å². The third-order valence-electron chi connectivity index (χ3n) is 1.99. The summed E-state index contributed by atoms with van der Waals surface area (Å²) in [4.78, 5) is 20.8. The SMILES string of the molecule is O=CCCC(C=O)c1ccccc1. The van der Waals surface area contributed by atoms with E-state index in [-0.39, 0.29) is 5.92 Å². The summed E-state index contributed by atoms with van der Waals surface area (Å²) in [6.45, 7) is 0. The van der Waals surface area contributed by atoms with Crippen LogP contribution in [0.25, 0.3) is 0 Å². The topological polar surface area (TPSA) is 34.1 Å². The lowest BCUT2D eigenvalue weighted by molar-refractivity contribution is -0.109. The van der Waals surface area contributed by atoms with Crippen molar-refractivity contribution in [1.29, 1.82) is 0 Å². The maximum atomic E-state index is 10.7. The largest absolute Gasteiger partial charge is 0.303 e. The first-order chi connectivity index (χ1) is 6.38. The third kappa shape index (κ3) is 2.82. The van der Waals surface area contributed by atoms with E-state index >= 15 is 0 Å². The maximum Gasteiger partial charge on any atom is 0.127 e. The second-order valence-corrected chi connectivity index (χ2v) is 2.90. The summed E-state index contributed by atoms with van der Waals surface area (Å²) >= 11 is 0. The van der Waals surface area contributed by atoms with Crippen molar-refractivity contribution in [2.75, 3.05) is 0 Å². The van der Waals surface area contributed by atoms with Crippen molar-refractivity contribution in [3.8, 4) is 0 Å². The van der Waals surface area contributed by atoms with Gasteiger partial charge in [-0.15, -0.1) is 0 Å². The lowest BCUT2D eigenvalue weighted by Crippen LogP contribution is -2.00. The zero-order valence-electron chi connectivity index (χ0n) is 7.35. The van der Waals surface area contributed by atoms with Crippen LogP contribution in [0.15, 0.2) is 30.3 Å². The van der Waals surface area contributed by atoms with E-state index < -0.39 is 0 Å². The van der Waals surface area contributed by atoms with Gasteiger partial charge in [0.2, 0.25) is 0 Å². The highest BCUT2D eigenvalue weighted by molar-refractivity contribution is 5.63. The Kier molecular flexibility index (Phi) is 3.89. The summed E-state index contributed by atoms with van der Waals surface area (Å²) in [6.07, 6.45) is 2.80. The van der Waals surface area contributed by atoms with Crippen LogP contribution in [0.1, 0.15) is 24.3 Å². The average Bonchev–Trinajstić information content (AvgIpc) is 2.21. The van der Waals surface area contributed by atoms with E-state index in [1.165, 1.54) is 0 Å². The summed E-state index contributed by atoms with van der Waals surface area (Å²) in [5.74, 6) is -0.133. The van der Waals surface area contributed by atoms with Crippen molar-refractivity contribution in [3.63, 3.8) is 0 Å². The number of hydrogen-bond donors (Lipinski definition) is 0. The Bertz CT molecular complexity index is 267. The summed E-state index contributed by atoms with van der Waals surface area (Å²) in [7, 11) is 0. The van der Waals surface area contributed by atoms with Gasteiger partial charge in [0.05, 0.1) is 0 Å². The number of aldehydes is 2. The molecule has 0 saturated heterocycles. The van der Waals surface area contributed by atoms with Crippen LogP contribution in [0.2, 0.25) is 0 Å². The fourth-order valence-corrected chi connectivity index (χ4v) is 1.26. The average molecular weight is 176 g/mol. The number of carbonyl (C=O) groups is 2. The molecule has 1 aromatic rings. The van der Waals surface area contributed by atoms with E-state index in [1.54, 1.807) is 0 Å². The van der Waals surface area contributed by atoms with Crippen LogP contribution in [-0.4, -0.2) is 12.6 Å². The fourth-order valence-electron chi connectivity index (χ4n) is 1.26. The van der Waals surface area contributed by atoms with Crippen molar-refractivity contribution >= 4 is 12.6 Å². The lowest BCUT2D eigenvalue weighted by atomic mass is 9.96. The summed E-state index contributed by atoms with van der Waals surface area (Å²) in [6, 6.07) is 9.51. The van der Waals surface area contributed by atoms with Crippen LogP contribution in [0.5, 0.6) is 0 Å². The maximum absolute atomic E-state index is 10.7. The minimum absolute atomic E-state index is 0.133. The molecule has 0 radical (unpaired) electrons. The number of benzene rings is 1. The van der Waals surface area contributed by atoms with E-state index in [2.05, 4.69) is 0 Å². The summed E-state index contributed by atoms with van der Waals surface area (Å²) < 4.78 is 0. The van der Waals surface area contributed by atoms with E-state index in [1.807, 2.05) is 30.3 Å². The van der Waals surface area contributed by atoms with Gasteiger partial charge in [-0.3, -0.25) is 0 Å². The molecule has 1 unspecified atom stereocenters. The van der Waals surface area contributed by atoms with Crippen LogP contribution in [0.3, 0.4) is 0 Å². The van der Waals surface area contributed by atoms with Gasteiger partial charge >= 0.3 is 0 Å². The Morgan fingerprint density at radius 3 is 2.38 bits per heavy atom. The predicted octanol–water partition coefficient (Wildman–Crippen LogP) is 1.95. The quantitative estimate of drug-likeness (QED) is 0.642. The molecule has 2 heteroatoms. The second kappa shape index (κ2) is 5.25. The molecular formula is C11H12O2. The molecule has 68 valence electrons. The minimum atomic E-state index is -0.133. The molecule has 0 spiro atoms. The number of carbonyl (C=O) groups excluding carboxylic acids is 2. The van der Waals surface area contributed by atoms with Gasteiger partial charge in [-0.25, -0.2) is 0 Å². The highest BCUT2D eigenvalue weighted by atomic mass is 16.1. The second-order valence-electron chi connectivity index (χ2n) is 2.90. The number of rotatable bonds is 5. The first-order valence-electron chi connectivity index (χ1n) is 4.32. The van der Waals surface area contributed by atoms with Gasteiger partial charge < -0.3 is 9.59 Å². The Morgan fingerprint density at radius 2 is 1.85 bits per heavy atom. The van der Waals surface area contributed by atoms with Gasteiger partial charge in [0.1, 0.15) is 12.6 Å². The normalized spacial score (nSPS) is 12.0. The monoisotopic (exact) mass is 176 g/mol. The number of hydrogen-bond acceptors (Lipinski definition) is 2. The van der Waals surface area contributed by atoms with Gasteiger partial charge in [0.15, 0.2) is 0 Å². The van der Waals surface area contributed by atoms with Gasteiger partial charge in [-0.1, -0.05) is 30.3 Å². The molecule has 0 fully saturated rings. The Hall–Kier alpha value is -1.44. The molecule has 0 saturated carbocycles. The zero-order valence-corrected chi connectivity index (χ0v) is 7.35. The molecule has 0 amide bonds. The van der Waals surface area contributed by atoms with Crippen molar-refractivity contribution < 1.29 is 9.59 Å². The molecule has 2 nitrogen and oxygen atoms in total. The molecule has 1 atom stereocenters. The standard InChI is InChI=1S/C11H12O2/c12-8-4-7-11(9-13)10-5-2-1-3-6-10/h1-3,5-6,8-9,11H,4,7H2. The fraction of sp³-hybridized carbons (Fsp3) is 0.273. The molecule has 0 bridgehead atoms. The van der Waals surface area contributed by atoms with Gasteiger partial charge in [0.25, 0.3) is 0 Å². The molecule has 0 heterocycles. The molecule has 1 aromatic carbocycles. The molecule has 0 aliphatic heterocycles. The predicted molar refractivity (Wildman–Crippen MR) is 50.5 cm³/mol. The van der Waals surface area contributed by atoms with Gasteiger partial charge in [0, 0.05) is 12.3 Å². The molecular weight excluding hydrogens is 164 g/mol. The molecule has 13 heavy (non-hydrogen) atoms.